The number of carbonyl (C=O) groups excluding carboxylic acids is 1. The van der Waals surface area contributed by atoms with E-state index in [0.29, 0.717) is 23.1 Å². The lowest BCUT2D eigenvalue weighted by molar-refractivity contribution is -0.118. The second-order valence-electron chi connectivity index (χ2n) is 8.04. The van der Waals surface area contributed by atoms with Crippen molar-refractivity contribution in [2.24, 2.45) is 0 Å². The third-order valence-electron chi connectivity index (χ3n) is 5.80. The molecule has 0 bridgehead atoms. The quantitative estimate of drug-likeness (QED) is 0.365. The fourth-order valence-corrected chi connectivity index (χ4v) is 5.45. The van der Waals surface area contributed by atoms with Gasteiger partial charge in [-0.05, 0) is 47.7 Å². The van der Waals surface area contributed by atoms with E-state index in [4.69, 9.17) is 21.3 Å². The average molecular weight is 451 g/mol. The van der Waals surface area contributed by atoms with Gasteiger partial charge >= 0.3 is 0 Å². The summed E-state index contributed by atoms with van der Waals surface area (Å²) < 4.78 is 6.77. The van der Waals surface area contributed by atoms with Crippen LogP contribution in [0.4, 0.5) is 5.13 Å². The number of hydrogen-bond acceptors (Lipinski definition) is 4. The van der Waals surface area contributed by atoms with Crippen molar-refractivity contribution in [1.29, 1.82) is 0 Å². The highest BCUT2D eigenvalue weighted by atomic mass is 35.5. The zero-order valence-corrected chi connectivity index (χ0v) is 18.9. The molecular formula is C25H23ClN2O2S. The largest absolute Gasteiger partial charge is 0.376 e. The molecule has 4 aromatic rings. The lowest BCUT2D eigenvalue weighted by Gasteiger charge is -2.23. The summed E-state index contributed by atoms with van der Waals surface area (Å²) in [5.74, 6) is 0.0265. The zero-order valence-electron chi connectivity index (χ0n) is 17.3. The van der Waals surface area contributed by atoms with Crippen LogP contribution in [0.5, 0.6) is 0 Å². The normalized spacial score (nSPS) is 16.3. The van der Waals surface area contributed by atoms with E-state index in [1.54, 1.807) is 4.90 Å². The smallest absolute Gasteiger partial charge is 0.233 e. The number of nitrogens with zero attached hydrogens (tertiary/aromatic N) is 2. The number of ether oxygens (including phenoxy) is 1. The number of amides is 1. The molecule has 1 unspecified atom stereocenters. The van der Waals surface area contributed by atoms with Crippen LogP contribution < -0.4 is 4.90 Å². The summed E-state index contributed by atoms with van der Waals surface area (Å²) >= 11 is 7.90. The molecule has 0 saturated carbocycles. The molecule has 0 radical (unpaired) electrons. The Hall–Kier alpha value is -2.47. The van der Waals surface area contributed by atoms with E-state index in [2.05, 4.69) is 24.3 Å². The van der Waals surface area contributed by atoms with Gasteiger partial charge in [0.25, 0.3) is 0 Å². The van der Waals surface area contributed by atoms with Crippen LogP contribution in [-0.2, 0) is 16.0 Å². The number of hydrogen-bond donors (Lipinski definition) is 0. The molecule has 1 fully saturated rings. The van der Waals surface area contributed by atoms with Gasteiger partial charge in [-0.3, -0.25) is 9.69 Å². The van der Waals surface area contributed by atoms with Crippen LogP contribution in [-0.4, -0.2) is 30.1 Å². The summed E-state index contributed by atoms with van der Waals surface area (Å²) in [5.41, 5.74) is 2.92. The van der Waals surface area contributed by atoms with Crippen LogP contribution in [0.2, 0.25) is 5.02 Å². The van der Waals surface area contributed by atoms with Crippen LogP contribution >= 0.6 is 22.9 Å². The molecule has 6 heteroatoms. The first-order valence-corrected chi connectivity index (χ1v) is 11.7. The number of carbonyl (C=O) groups is 1. The summed E-state index contributed by atoms with van der Waals surface area (Å²) in [5, 5.41) is 3.67. The van der Waals surface area contributed by atoms with Crippen LogP contribution in [0.15, 0.2) is 54.6 Å². The van der Waals surface area contributed by atoms with E-state index >= 15 is 0 Å². The molecular weight excluding hydrogens is 428 g/mol. The lowest BCUT2D eigenvalue weighted by atomic mass is 10.0. The topological polar surface area (TPSA) is 42.4 Å². The number of aromatic nitrogens is 1. The molecule has 1 aromatic heterocycles. The van der Waals surface area contributed by atoms with E-state index in [9.17, 15) is 4.79 Å². The van der Waals surface area contributed by atoms with Gasteiger partial charge in [-0.1, -0.05) is 71.5 Å². The maximum Gasteiger partial charge on any atom is 0.233 e. The van der Waals surface area contributed by atoms with Crippen molar-refractivity contribution in [1.82, 2.24) is 4.98 Å². The standard InChI is InChI=1S/C25H23ClN2O2S/c1-16-8-11-21(26)24-23(16)27-25(31-24)28(15-20-7-4-12-30-20)22(29)14-17-9-10-18-5-2-3-6-19(18)13-17/h2-3,5-6,8-11,13,20H,4,7,12,14-15H2,1H3. The molecule has 0 N–H and O–H groups in total. The van der Waals surface area contributed by atoms with Gasteiger partial charge in [0.1, 0.15) is 0 Å². The molecule has 1 amide bonds. The first-order chi connectivity index (χ1) is 15.1. The van der Waals surface area contributed by atoms with Crippen LogP contribution in [0.1, 0.15) is 24.0 Å². The molecule has 1 atom stereocenters. The lowest BCUT2D eigenvalue weighted by Crippen LogP contribution is -2.38. The van der Waals surface area contributed by atoms with Crippen LogP contribution in [0.3, 0.4) is 0 Å². The molecule has 1 aliphatic heterocycles. The van der Waals surface area contributed by atoms with Crippen LogP contribution in [0, 0.1) is 6.92 Å². The van der Waals surface area contributed by atoms with Gasteiger partial charge in [0.15, 0.2) is 5.13 Å². The van der Waals surface area contributed by atoms with E-state index in [1.807, 2.05) is 37.3 Å². The summed E-state index contributed by atoms with van der Waals surface area (Å²) in [6.07, 6.45) is 2.36. The molecule has 2 heterocycles. The third kappa shape index (κ3) is 4.18. The Morgan fingerprint density at radius 3 is 2.81 bits per heavy atom. The molecule has 5 rings (SSSR count). The number of rotatable bonds is 5. The minimum atomic E-state index is 0.0265. The highest BCUT2D eigenvalue weighted by molar-refractivity contribution is 7.23. The Kier molecular flexibility index (Phi) is 5.65. The van der Waals surface area contributed by atoms with Crippen molar-refractivity contribution >= 4 is 55.0 Å². The summed E-state index contributed by atoms with van der Waals surface area (Å²) in [7, 11) is 0. The van der Waals surface area contributed by atoms with E-state index < -0.39 is 0 Å². The van der Waals surface area contributed by atoms with Gasteiger partial charge in [0.2, 0.25) is 5.91 Å². The Balaban J connectivity index is 1.48. The number of fused-ring (bicyclic) bond motifs is 2. The molecule has 1 aliphatic rings. The maximum absolute atomic E-state index is 13.5. The minimum Gasteiger partial charge on any atom is -0.376 e. The minimum absolute atomic E-state index is 0.0265. The number of benzene rings is 3. The highest BCUT2D eigenvalue weighted by Crippen LogP contribution is 2.36. The molecule has 4 nitrogen and oxygen atoms in total. The van der Waals surface area contributed by atoms with Crippen molar-refractivity contribution in [3.8, 4) is 0 Å². The van der Waals surface area contributed by atoms with Crippen molar-refractivity contribution < 1.29 is 9.53 Å². The Morgan fingerprint density at radius 2 is 2.03 bits per heavy atom. The molecule has 0 spiro atoms. The fourth-order valence-electron chi connectivity index (χ4n) is 4.10. The van der Waals surface area contributed by atoms with E-state index in [0.717, 1.165) is 46.2 Å². The predicted molar refractivity (Wildman–Crippen MR) is 128 cm³/mol. The second kappa shape index (κ2) is 8.58. The fraction of sp³-hybridized carbons (Fsp3) is 0.280. The number of aryl methyl sites for hydroxylation is 1. The number of anilines is 1. The zero-order chi connectivity index (χ0) is 21.4. The monoisotopic (exact) mass is 450 g/mol. The molecule has 31 heavy (non-hydrogen) atoms. The molecule has 158 valence electrons. The average Bonchev–Trinajstić information content (AvgIpc) is 3.45. The molecule has 0 aliphatic carbocycles. The summed E-state index contributed by atoms with van der Waals surface area (Å²) in [6, 6.07) is 18.3. The maximum atomic E-state index is 13.5. The summed E-state index contributed by atoms with van der Waals surface area (Å²) in [6.45, 7) is 3.29. The number of thiazole rings is 1. The van der Waals surface area contributed by atoms with Gasteiger partial charge in [-0.2, -0.15) is 0 Å². The van der Waals surface area contributed by atoms with Crippen molar-refractivity contribution in [2.45, 2.75) is 32.3 Å². The molecule has 1 saturated heterocycles. The van der Waals surface area contributed by atoms with Gasteiger partial charge in [0.05, 0.1) is 34.3 Å². The van der Waals surface area contributed by atoms with Gasteiger partial charge < -0.3 is 4.74 Å². The van der Waals surface area contributed by atoms with Crippen molar-refractivity contribution in [3.05, 3.63) is 70.7 Å². The Morgan fingerprint density at radius 1 is 1.19 bits per heavy atom. The number of halogens is 1. The first kappa shape index (κ1) is 20.4. The molecule has 3 aromatic carbocycles. The predicted octanol–water partition coefficient (Wildman–Crippen LogP) is 6.17. The van der Waals surface area contributed by atoms with Crippen molar-refractivity contribution in [3.63, 3.8) is 0 Å². The highest BCUT2D eigenvalue weighted by Gasteiger charge is 2.27. The summed E-state index contributed by atoms with van der Waals surface area (Å²) in [4.78, 5) is 20.1. The van der Waals surface area contributed by atoms with Crippen LogP contribution in [0.25, 0.3) is 21.0 Å². The van der Waals surface area contributed by atoms with Gasteiger partial charge in [-0.25, -0.2) is 4.98 Å². The SMILES string of the molecule is Cc1ccc(Cl)c2sc(N(CC3CCCO3)C(=O)Cc3ccc4ccccc4c3)nc12. The van der Waals surface area contributed by atoms with Crippen molar-refractivity contribution in [2.75, 3.05) is 18.1 Å². The third-order valence-corrected chi connectivity index (χ3v) is 7.34. The van der Waals surface area contributed by atoms with E-state index in [-0.39, 0.29) is 12.0 Å². The Labute approximate surface area is 190 Å². The van der Waals surface area contributed by atoms with E-state index in [1.165, 1.54) is 16.7 Å². The Bertz CT molecular complexity index is 1220. The van der Waals surface area contributed by atoms with Gasteiger partial charge in [0, 0.05) is 6.61 Å². The van der Waals surface area contributed by atoms with Gasteiger partial charge in [-0.15, -0.1) is 0 Å². The first-order valence-electron chi connectivity index (χ1n) is 10.5. The second-order valence-corrected chi connectivity index (χ2v) is 9.42.